The first-order valence-electron chi connectivity index (χ1n) is 7.61. The van der Waals surface area contributed by atoms with Crippen LogP contribution in [0, 0.1) is 13.8 Å². The lowest BCUT2D eigenvalue weighted by molar-refractivity contribution is -0.704. The predicted octanol–water partition coefficient (Wildman–Crippen LogP) is 2.35. The van der Waals surface area contributed by atoms with E-state index in [4.69, 9.17) is 4.74 Å². The van der Waals surface area contributed by atoms with Crippen LogP contribution in [0.2, 0.25) is 0 Å². The van der Waals surface area contributed by atoms with E-state index in [1.807, 2.05) is 0 Å². The van der Waals surface area contributed by atoms with Gasteiger partial charge in [-0.3, -0.25) is 9.59 Å². The second-order valence-corrected chi connectivity index (χ2v) is 5.75. The first-order chi connectivity index (χ1) is 11.3. The van der Waals surface area contributed by atoms with E-state index in [0.29, 0.717) is 28.1 Å². The quantitative estimate of drug-likeness (QED) is 0.519. The third-order valence-corrected chi connectivity index (χ3v) is 4.13. The SMILES string of the molecule is COC(=O)c1c(C)[nH]c(C(=O)[C@H](C)[n+]2cccc(C(C)=O)c2)c1C. The molecule has 0 saturated heterocycles. The Kier molecular flexibility index (Phi) is 4.97. The van der Waals surface area contributed by atoms with Crippen molar-refractivity contribution in [2.75, 3.05) is 7.11 Å². The van der Waals surface area contributed by atoms with Crippen molar-refractivity contribution in [2.24, 2.45) is 0 Å². The zero-order chi connectivity index (χ0) is 18.0. The number of hydrogen-bond donors (Lipinski definition) is 1. The molecule has 0 unspecified atom stereocenters. The Balaban J connectivity index is 2.40. The first kappa shape index (κ1) is 17.6. The fraction of sp³-hybridized carbons (Fsp3) is 0.333. The predicted molar refractivity (Wildman–Crippen MR) is 87.3 cm³/mol. The van der Waals surface area contributed by atoms with E-state index in [0.717, 1.165) is 0 Å². The van der Waals surface area contributed by atoms with Gasteiger partial charge in [-0.1, -0.05) is 0 Å². The third-order valence-electron chi connectivity index (χ3n) is 4.13. The summed E-state index contributed by atoms with van der Waals surface area (Å²) in [6.45, 7) is 6.67. The van der Waals surface area contributed by atoms with Gasteiger partial charge in [0.25, 0.3) is 0 Å². The van der Waals surface area contributed by atoms with Gasteiger partial charge in [-0.2, -0.15) is 4.57 Å². The summed E-state index contributed by atoms with van der Waals surface area (Å²) in [6, 6.07) is 2.91. The molecule has 24 heavy (non-hydrogen) atoms. The van der Waals surface area contributed by atoms with Crippen molar-refractivity contribution >= 4 is 17.5 Å². The van der Waals surface area contributed by atoms with Crippen LogP contribution in [0.5, 0.6) is 0 Å². The molecule has 1 atom stereocenters. The Morgan fingerprint density at radius 3 is 2.50 bits per heavy atom. The maximum absolute atomic E-state index is 12.8. The number of carbonyl (C=O) groups excluding carboxylic acids is 3. The van der Waals surface area contributed by atoms with E-state index in [2.05, 4.69) is 4.98 Å². The third kappa shape index (κ3) is 3.13. The lowest BCUT2D eigenvalue weighted by Gasteiger charge is -2.07. The molecule has 2 aromatic heterocycles. The van der Waals surface area contributed by atoms with Gasteiger partial charge < -0.3 is 9.72 Å². The Bertz CT molecular complexity index is 820. The summed E-state index contributed by atoms with van der Waals surface area (Å²) in [7, 11) is 1.31. The van der Waals surface area contributed by atoms with Gasteiger partial charge in [0.2, 0.25) is 11.8 Å². The number of ketones is 2. The Morgan fingerprint density at radius 1 is 1.25 bits per heavy atom. The average Bonchev–Trinajstić information content (AvgIpc) is 2.87. The number of pyridine rings is 1. The summed E-state index contributed by atoms with van der Waals surface area (Å²) in [6.07, 6.45) is 3.39. The van der Waals surface area contributed by atoms with Crippen LogP contribution in [0.1, 0.15) is 62.4 Å². The van der Waals surface area contributed by atoms with Crippen molar-refractivity contribution < 1.29 is 23.7 Å². The van der Waals surface area contributed by atoms with Gasteiger partial charge in [-0.05, 0) is 32.4 Å². The van der Waals surface area contributed by atoms with Gasteiger partial charge in [0.15, 0.2) is 18.2 Å². The smallest absolute Gasteiger partial charge is 0.339 e. The molecule has 1 N–H and O–H groups in total. The summed E-state index contributed by atoms with van der Waals surface area (Å²) in [5.41, 5.74) is 2.46. The number of Topliss-reactive ketones (excluding diaryl/α,β-unsaturated/α-hetero) is 2. The van der Waals surface area contributed by atoms with E-state index < -0.39 is 12.0 Å². The van der Waals surface area contributed by atoms with Crippen molar-refractivity contribution in [3.05, 3.63) is 52.6 Å². The molecule has 0 fully saturated rings. The maximum Gasteiger partial charge on any atom is 0.339 e. The minimum absolute atomic E-state index is 0.0659. The van der Waals surface area contributed by atoms with E-state index in [-0.39, 0.29) is 11.6 Å². The molecule has 2 rings (SSSR count). The van der Waals surface area contributed by atoms with Crippen molar-refractivity contribution in [3.8, 4) is 0 Å². The van der Waals surface area contributed by atoms with E-state index in [1.54, 1.807) is 49.9 Å². The molecule has 0 amide bonds. The number of nitrogens with zero attached hydrogens (tertiary/aromatic N) is 1. The number of rotatable bonds is 5. The zero-order valence-corrected chi connectivity index (χ0v) is 14.5. The molecule has 0 aliphatic carbocycles. The zero-order valence-electron chi connectivity index (χ0n) is 14.5. The van der Waals surface area contributed by atoms with Crippen molar-refractivity contribution in [3.63, 3.8) is 0 Å². The minimum Gasteiger partial charge on any atom is -0.465 e. The molecule has 2 aromatic rings. The van der Waals surface area contributed by atoms with Crippen LogP contribution in [0.4, 0.5) is 0 Å². The summed E-state index contributed by atoms with van der Waals surface area (Å²) in [4.78, 5) is 39.2. The number of H-pyrrole nitrogens is 1. The average molecular weight is 329 g/mol. The molecular formula is C18H21N2O4+. The number of nitrogens with one attached hydrogen (secondary N) is 1. The highest BCUT2D eigenvalue weighted by Crippen LogP contribution is 2.21. The van der Waals surface area contributed by atoms with E-state index in [1.165, 1.54) is 14.0 Å². The number of aromatic nitrogens is 2. The molecule has 0 aromatic carbocycles. The molecular weight excluding hydrogens is 308 g/mol. The standard InChI is InChI=1S/C18H20N2O4/c1-10-15(18(23)24-5)11(2)19-16(10)17(22)12(3)20-8-6-7-14(9-20)13(4)21/h6-9,12H,1-5H3/p+1/t12-/m0/s1. The topological polar surface area (TPSA) is 80.1 Å². The Labute approximate surface area is 140 Å². The Morgan fingerprint density at radius 2 is 1.92 bits per heavy atom. The van der Waals surface area contributed by atoms with Gasteiger partial charge in [0, 0.05) is 18.7 Å². The van der Waals surface area contributed by atoms with Crippen LogP contribution in [0.3, 0.4) is 0 Å². The minimum atomic E-state index is -0.522. The monoisotopic (exact) mass is 329 g/mol. The second kappa shape index (κ2) is 6.78. The molecule has 0 aliphatic rings. The van der Waals surface area contributed by atoms with Crippen LogP contribution in [0.15, 0.2) is 24.5 Å². The lowest BCUT2D eigenvalue weighted by Crippen LogP contribution is -2.42. The maximum atomic E-state index is 12.8. The molecule has 0 bridgehead atoms. The molecule has 0 spiro atoms. The molecule has 0 radical (unpaired) electrons. The van der Waals surface area contributed by atoms with Crippen molar-refractivity contribution in [2.45, 2.75) is 33.7 Å². The number of methoxy groups -OCH3 is 1. The number of carbonyl (C=O) groups is 3. The van der Waals surface area contributed by atoms with Gasteiger partial charge in [0.1, 0.15) is 0 Å². The van der Waals surface area contributed by atoms with Gasteiger partial charge in [-0.15, -0.1) is 0 Å². The number of hydrogen-bond acceptors (Lipinski definition) is 4. The van der Waals surface area contributed by atoms with E-state index in [9.17, 15) is 14.4 Å². The fourth-order valence-corrected chi connectivity index (χ4v) is 2.69. The lowest BCUT2D eigenvalue weighted by atomic mass is 10.0. The number of esters is 1. The highest BCUT2D eigenvalue weighted by Gasteiger charge is 2.30. The number of ether oxygens (including phenoxy) is 1. The van der Waals surface area contributed by atoms with Crippen LogP contribution < -0.4 is 4.57 Å². The van der Waals surface area contributed by atoms with Crippen LogP contribution in [0.25, 0.3) is 0 Å². The van der Waals surface area contributed by atoms with Crippen LogP contribution >= 0.6 is 0 Å². The number of aromatic amines is 1. The highest BCUT2D eigenvalue weighted by atomic mass is 16.5. The summed E-state index contributed by atoms with van der Waals surface area (Å²) in [5, 5.41) is 0. The van der Waals surface area contributed by atoms with E-state index >= 15 is 0 Å². The van der Waals surface area contributed by atoms with Crippen LogP contribution in [-0.4, -0.2) is 29.6 Å². The molecule has 2 heterocycles. The molecule has 0 aliphatic heterocycles. The normalized spacial score (nSPS) is 11.9. The molecule has 126 valence electrons. The fourth-order valence-electron chi connectivity index (χ4n) is 2.69. The molecule has 0 saturated carbocycles. The van der Waals surface area contributed by atoms with Gasteiger partial charge >= 0.3 is 5.97 Å². The van der Waals surface area contributed by atoms with Crippen LogP contribution in [-0.2, 0) is 4.74 Å². The summed E-state index contributed by atoms with van der Waals surface area (Å²) in [5.74, 6) is -0.709. The molecule has 6 heteroatoms. The Hall–Kier alpha value is -2.76. The second-order valence-electron chi connectivity index (χ2n) is 5.75. The number of aryl methyl sites for hydroxylation is 1. The largest absolute Gasteiger partial charge is 0.465 e. The first-order valence-corrected chi connectivity index (χ1v) is 7.61. The molecule has 6 nitrogen and oxygen atoms in total. The summed E-state index contributed by atoms with van der Waals surface area (Å²) < 4.78 is 6.45. The van der Waals surface area contributed by atoms with Gasteiger partial charge in [-0.25, -0.2) is 4.79 Å². The van der Waals surface area contributed by atoms with Crippen molar-refractivity contribution in [1.82, 2.24) is 4.98 Å². The summed E-state index contributed by atoms with van der Waals surface area (Å²) >= 11 is 0. The highest BCUT2D eigenvalue weighted by molar-refractivity contribution is 6.02. The van der Waals surface area contributed by atoms with Crippen molar-refractivity contribution in [1.29, 1.82) is 0 Å². The van der Waals surface area contributed by atoms with Gasteiger partial charge in [0.05, 0.1) is 23.9 Å².